The van der Waals surface area contributed by atoms with Crippen molar-refractivity contribution in [1.29, 1.82) is 5.26 Å². The maximum Gasteiger partial charge on any atom is 0.237 e. The molecule has 0 N–H and O–H groups in total. The molecule has 0 spiro atoms. The van der Waals surface area contributed by atoms with Gasteiger partial charge >= 0.3 is 0 Å². The number of thioether (sulfide) groups is 1. The summed E-state index contributed by atoms with van der Waals surface area (Å²) in [5, 5.41) is 18.9. The smallest absolute Gasteiger partial charge is 0.237 e. The van der Waals surface area contributed by atoms with Crippen molar-refractivity contribution >= 4 is 35.0 Å². The summed E-state index contributed by atoms with van der Waals surface area (Å²) < 4.78 is 7.47. The Balaban J connectivity index is 1.80. The summed E-state index contributed by atoms with van der Waals surface area (Å²) in [4.78, 5) is 14.7. The van der Waals surface area contributed by atoms with Gasteiger partial charge in [-0.05, 0) is 48.7 Å². The van der Waals surface area contributed by atoms with Gasteiger partial charge in [0, 0.05) is 23.8 Å². The van der Waals surface area contributed by atoms with Gasteiger partial charge in [-0.1, -0.05) is 37.2 Å². The van der Waals surface area contributed by atoms with Crippen LogP contribution in [0.5, 0.6) is 0 Å². The molecule has 3 aromatic rings. The predicted octanol–water partition coefficient (Wildman–Crippen LogP) is 5.19. The Hall–Kier alpha value is -2.76. The summed E-state index contributed by atoms with van der Waals surface area (Å²) in [7, 11) is 0. The molecule has 0 bridgehead atoms. The van der Waals surface area contributed by atoms with Crippen molar-refractivity contribution in [3.8, 4) is 17.7 Å². The van der Waals surface area contributed by atoms with Gasteiger partial charge in [-0.15, -0.1) is 10.2 Å². The minimum Gasteiger partial charge on any atom is -0.461 e. The van der Waals surface area contributed by atoms with Gasteiger partial charge in [0.1, 0.15) is 0 Å². The van der Waals surface area contributed by atoms with Gasteiger partial charge in [-0.2, -0.15) is 5.26 Å². The zero-order chi connectivity index (χ0) is 22.4. The molecular formula is C22H24ClN5O2S. The number of benzene rings is 1. The topological polar surface area (TPSA) is 87.9 Å². The number of furan rings is 1. The summed E-state index contributed by atoms with van der Waals surface area (Å²) in [5.41, 5.74) is 1.60. The zero-order valence-corrected chi connectivity index (χ0v) is 19.3. The van der Waals surface area contributed by atoms with Gasteiger partial charge in [0.2, 0.25) is 5.91 Å². The van der Waals surface area contributed by atoms with E-state index >= 15 is 0 Å². The number of anilines is 1. The average molecular weight is 458 g/mol. The van der Waals surface area contributed by atoms with Crippen molar-refractivity contribution in [2.24, 2.45) is 5.92 Å². The van der Waals surface area contributed by atoms with Gasteiger partial charge in [-0.3, -0.25) is 9.36 Å². The van der Waals surface area contributed by atoms with Crippen LogP contribution >= 0.6 is 23.4 Å². The molecule has 0 fully saturated rings. The molecule has 3 rings (SSSR count). The highest BCUT2D eigenvalue weighted by Gasteiger charge is 2.21. The first-order chi connectivity index (χ1) is 14.9. The number of hydrogen-bond donors (Lipinski definition) is 0. The van der Waals surface area contributed by atoms with E-state index in [2.05, 4.69) is 30.1 Å². The Morgan fingerprint density at radius 2 is 2.16 bits per heavy atom. The second kappa shape index (κ2) is 10.5. The molecule has 0 aliphatic carbocycles. The SMILES string of the molecule is Cc1cc(N(CCC#N)C(=O)CSc2nnc(-c3ccco3)n2CC(C)C)ccc1Cl. The number of carbonyl (C=O) groups excluding carboxylic acids is 1. The fourth-order valence-corrected chi connectivity index (χ4v) is 4.02. The molecule has 0 saturated heterocycles. The number of nitrogens with zero attached hydrogens (tertiary/aromatic N) is 5. The number of aryl methyl sites for hydroxylation is 1. The fraction of sp³-hybridized carbons (Fsp3) is 0.364. The molecule has 1 amide bonds. The molecule has 0 saturated carbocycles. The fourth-order valence-electron chi connectivity index (χ4n) is 3.07. The van der Waals surface area contributed by atoms with Gasteiger partial charge in [-0.25, -0.2) is 0 Å². The van der Waals surface area contributed by atoms with Crippen LogP contribution in [0.4, 0.5) is 5.69 Å². The summed E-state index contributed by atoms with van der Waals surface area (Å²) in [5.74, 6) is 1.70. The normalized spacial score (nSPS) is 11.0. The first-order valence-corrected chi connectivity index (χ1v) is 11.3. The van der Waals surface area contributed by atoms with Gasteiger partial charge < -0.3 is 9.32 Å². The Labute approximate surface area is 191 Å². The molecule has 2 heterocycles. The second-order valence-corrected chi connectivity index (χ2v) is 8.81. The van der Waals surface area contributed by atoms with Crippen molar-refractivity contribution in [2.45, 2.75) is 38.9 Å². The molecule has 0 unspecified atom stereocenters. The monoisotopic (exact) mass is 457 g/mol. The third-order valence-electron chi connectivity index (χ3n) is 4.53. The van der Waals surface area contributed by atoms with Crippen LogP contribution in [0.25, 0.3) is 11.6 Å². The first kappa shape index (κ1) is 22.9. The number of carbonyl (C=O) groups is 1. The van der Waals surface area contributed by atoms with E-state index in [1.54, 1.807) is 29.4 Å². The second-order valence-electron chi connectivity index (χ2n) is 7.46. The molecule has 1 aromatic carbocycles. The van der Waals surface area contributed by atoms with Crippen LogP contribution in [0.3, 0.4) is 0 Å². The van der Waals surface area contributed by atoms with Crippen LogP contribution in [0.15, 0.2) is 46.2 Å². The van der Waals surface area contributed by atoms with Gasteiger partial charge in [0.05, 0.1) is 24.5 Å². The Kier molecular flexibility index (Phi) is 7.77. The number of amides is 1. The van der Waals surface area contributed by atoms with E-state index < -0.39 is 0 Å². The average Bonchev–Trinajstić information content (AvgIpc) is 3.39. The van der Waals surface area contributed by atoms with Crippen molar-refractivity contribution in [3.05, 3.63) is 47.2 Å². The first-order valence-electron chi connectivity index (χ1n) is 9.94. The molecule has 0 radical (unpaired) electrons. The van der Waals surface area contributed by atoms with Crippen molar-refractivity contribution in [3.63, 3.8) is 0 Å². The standard InChI is InChI=1S/C22H24ClN5O2S/c1-15(2)13-28-21(19-6-4-11-30-19)25-26-22(28)31-14-20(29)27(10-5-9-24)17-7-8-18(23)16(3)12-17/h4,6-8,11-12,15H,5,10,13-14H2,1-3H3. The third-order valence-corrected chi connectivity index (χ3v) is 5.91. The molecule has 162 valence electrons. The molecule has 9 heteroatoms. The molecule has 0 aliphatic rings. The van der Waals surface area contributed by atoms with Crippen LogP contribution in [-0.4, -0.2) is 33.0 Å². The van der Waals surface area contributed by atoms with E-state index in [1.165, 1.54) is 11.8 Å². The summed E-state index contributed by atoms with van der Waals surface area (Å²) >= 11 is 7.45. The van der Waals surface area contributed by atoms with Crippen LogP contribution in [0.2, 0.25) is 5.02 Å². The van der Waals surface area contributed by atoms with Gasteiger partial charge in [0.25, 0.3) is 0 Å². The van der Waals surface area contributed by atoms with E-state index in [1.807, 2.05) is 23.6 Å². The lowest BCUT2D eigenvalue weighted by atomic mass is 10.2. The Morgan fingerprint density at radius 1 is 1.35 bits per heavy atom. The largest absolute Gasteiger partial charge is 0.461 e. The number of rotatable bonds is 9. The van der Waals surface area contributed by atoms with E-state index in [9.17, 15) is 4.79 Å². The quantitative estimate of drug-likeness (QED) is 0.410. The molecule has 31 heavy (non-hydrogen) atoms. The van der Waals surface area contributed by atoms with Crippen molar-refractivity contribution < 1.29 is 9.21 Å². The molecule has 0 aliphatic heterocycles. The highest BCUT2D eigenvalue weighted by atomic mass is 35.5. The zero-order valence-electron chi connectivity index (χ0n) is 17.7. The lowest BCUT2D eigenvalue weighted by Gasteiger charge is -2.22. The van der Waals surface area contributed by atoms with E-state index in [4.69, 9.17) is 21.3 Å². The predicted molar refractivity (Wildman–Crippen MR) is 122 cm³/mol. The maximum atomic E-state index is 13.1. The van der Waals surface area contributed by atoms with Crippen molar-refractivity contribution in [1.82, 2.24) is 14.8 Å². The van der Waals surface area contributed by atoms with Crippen LogP contribution < -0.4 is 4.90 Å². The van der Waals surface area contributed by atoms with Crippen LogP contribution in [0.1, 0.15) is 25.8 Å². The number of halogens is 1. The van der Waals surface area contributed by atoms with Gasteiger partial charge in [0.15, 0.2) is 16.7 Å². The minimum atomic E-state index is -0.111. The molecular weight excluding hydrogens is 434 g/mol. The van der Waals surface area contributed by atoms with E-state index in [0.717, 1.165) is 11.3 Å². The number of hydrogen-bond acceptors (Lipinski definition) is 6. The van der Waals surface area contributed by atoms with Crippen LogP contribution in [0, 0.1) is 24.2 Å². The van der Waals surface area contributed by atoms with E-state index in [-0.39, 0.29) is 18.1 Å². The summed E-state index contributed by atoms with van der Waals surface area (Å²) in [6, 6.07) is 11.2. The van der Waals surface area contributed by atoms with Crippen molar-refractivity contribution in [2.75, 3.05) is 17.2 Å². The summed E-state index contributed by atoms with van der Waals surface area (Å²) in [6.45, 7) is 7.12. The highest BCUT2D eigenvalue weighted by Crippen LogP contribution is 2.27. The Bertz CT molecular complexity index is 1070. The molecule has 2 aromatic heterocycles. The Morgan fingerprint density at radius 3 is 2.81 bits per heavy atom. The third kappa shape index (κ3) is 5.69. The van der Waals surface area contributed by atoms with E-state index in [0.29, 0.717) is 40.8 Å². The molecule has 7 nitrogen and oxygen atoms in total. The highest BCUT2D eigenvalue weighted by molar-refractivity contribution is 7.99. The lowest BCUT2D eigenvalue weighted by molar-refractivity contribution is -0.116. The minimum absolute atomic E-state index is 0.111. The lowest BCUT2D eigenvalue weighted by Crippen LogP contribution is -2.33. The number of aromatic nitrogens is 3. The number of nitriles is 1. The molecule has 0 atom stereocenters. The van der Waals surface area contributed by atoms with Crippen LogP contribution in [-0.2, 0) is 11.3 Å². The summed E-state index contributed by atoms with van der Waals surface area (Å²) in [6.07, 6.45) is 1.84. The maximum absolute atomic E-state index is 13.1.